The Bertz CT molecular complexity index is 689. The molecule has 0 aromatic carbocycles. The first-order valence-electron chi connectivity index (χ1n) is 8.12. The molecule has 0 unspecified atom stereocenters. The molecule has 2 aromatic heterocycles. The van der Waals surface area contributed by atoms with Crippen LogP contribution < -0.4 is 0 Å². The number of unbranched alkanes of at least 4 members (excludes halogenated alkanes) is 2. The van der Waals surface area contributed by atoms with E-state index in [9.17, 15) is 4.79 Å². The molecule has 0 fully saturated rings. The lowest BCUT2D eigenvalue weighted by molar-refractivity contribution is 0.0743. The number of fused-ring (bicyclic) bond motifs is 1. The highest BCUT2D eigenvalue weighted by atomic mass is 35.5. The molecule has 23 heavy (non-hydrogen) atoms. The second kappa shape index (κ2) is 8.02. The maximum absolute atomic E-state index is 13.1. The van der Waals surface area contributed by atoms with Crippen molar-refractivity contribution in [2.24, 2.45) is 0 Å². The largest absolute Gasteiger partial charge is 0.337 e. The van der Waals surface area contributed by atoms with E-state index < -0.39 is 0 Å². The van der Waals surface area contributed by atoms with E-state index in [1.807, 2.05) is 11.8 Å². The van der Waals surface area contributed by atoms with Gasteiger partial charge in [-0.1, -0.05) is 49.9 Å². The summed E-state index contributed by atoms with van der Waals surface area (Å²) in [6.45, 7) is 7.61. The van der Waals surface area contributed by atoms with Gasteiger partial charge in [0.05, 0.1) is 15.7 Å². The molecule has 0 aliphatic rings. The molecule has 2 aromatic rings. The quantitative estimate of drug-likeness (QED) is 0.701. The summed E-state index contributed by atoms with van der Waals surface area (Å²) in [5.74, 6) is -0.00441. The summed E-state index contributed by atoms with van der Waals surface area (Å²) < 4.78 is 1.72. The number of halogens is 2. The first-order valence-corrected chi connectivity index (χ1v) is 8.88. The molecule has 6 heteroatoms. The second-order valence-corrected chi connectivity index (χ2v) is 6.59. The third-order valence-corrected chi connectivity index (χ3v) is 4.35. The first kappa shape index (κ1) is 18.1. The van der Waals surface area contributed by atoms with E-state index in [4.69, 9.17) is 23.2 Å². The molecule has 0 spiro atoms. The fraction of sp³-hybridized carbons (Fsp3) is 0.529. The number of amides is 1. The Kier molecular flexibility index (Phi) is 6.31. The van der Waals surface area contributed by atoms with Gasteiger partial charge in [-0.2, -0.15) is 0 Å². The molecule has 1 amide bonds. The van der Waals surface area contributed by atoms with Crippen molar-refractivity contribution >= 4 is 34.8 Å². The van der Waals surface area contributed by atoms with Gasteiger partial charge in [0.25, 0.3) is 5.91 Å². The predicted octanol–water partition coefficient (Wildman–Crippen LogP) is 4.99. The van der Waals surface area contributed by atoms with Crippen LogP contribution in [0.2, 0.25) is 10.0 Å². The zero-order valence-electron chi connectivity index (χ0n) is 13.9. The van der Waals surface area contributed by atoms with Crippen molar-refractivity contribution < 1.29 is 4.79 Å². The molecule has 0 saturated carbocycles. The van der Waals surface area contributed by atoms with Crippen LogP contribution in [0.5, 0.6) is 0 Å². The van der Waals surface area contributed by atoms with Gasteiger partial charge in [-0.15, -0.1) is 0 Å². The van der Waals surface area contributed by atoms with Crippen molar-refractivity contribution in [1.82, 2.24) is 14.3 Å². The summed E-state index contributed by atoms with van der Waals surface area (Å²) in [7, 11) is 0. The summed E-state index contributed by atoms with van der Waals surface area (Å²) in [5, 5.41) is 0.941. The van der Waals surface area contributed by atoms with Crippen molar-refractivity contribution in [1.29, 1.82) is 0 Å². The van der Waals surface area contributed by atoms with Crippen LogP contribution in [0.3, 0.4) is 0 Å². The minimum atomic E-state index is -0.00441. The number of carbonyl (C=O) groups is 1. The van der Waals surface area contributed by atoms with Crippen LogP contribution in [0, 0.1) is 6.92 Å². The third-order valence-electron chi connectivity index (χ3n) is 3.87. The minimum Gasteiger partial charge on any atom is -0.337 e. The van der Waals surface area contributed by atoms with E-state index in [1.54, 1.807) is 16.7 Å². The van der Waals surface area contributed by atoms with Crippen molar-refractivity contribution in [2.45, 2.75) is 46.5 Å². The topological polar surface area (TPSA) is 37.6 Å². The second-order valence-electron chi connectivity index (χ2n) is 5.74. The van der Waals surface area contributed by atoms with Crippen LogP contribution in [-0.4, -0.2) is 33.3 Å². The van der Waals surface area contributed by atoms with Crippen LogP contribution in [-0.2, 0) is 0 Å². The SMILES string of the molecule is CCCCN(CCCC)C(=O)c1c(C)nc2c(Cl)cc(Cl)cn12. The monoisotopic (exact) mass is 355 g/mol. The van der Waals surface area contributed by atoms with E-state index >= 15 is 0 Å². The van der Waals surface area contributed by atoms with E-state index in [1.165, 1.54) is 0 Å². The molecule has 0 bridgehead atoms. The molecule has 2 rings (SSSR count). The molecule has 0 radical (unpaired) electrons. The summed E-state index contributed by atoms with van der Waals surface area (Å²) in [5.41, 5.74) is 1.80. The lowest BCUT2D eigenvalue weighted by atomic mass is 10.2. The summed E-state index contributed by atoms with van der Waals surface area (Å²) in [4.78, 5) is 19.4. The molecule has 0 N–H and O–H groups in total. The van der Waals surface area contributed by atoms with Crippen LogP contribution in [0.1, 0.15) is 55.7 Å². The zero-order valence-corrected chi connectivity index (χ0v) is 15.4. The Labute approximate surface area is 147 Å². The number of aromatic nitrogens is 2. The highest BCUT2D eigenvalue weighted by molar-refractivity contribution is 6.36. The van der Waals surface area contributed by atoms with E-state index in [0.717, 1.165) is 38.8 Å². The maximum Gasteiger partial charge on any atom is 0.272 e. The fourth-order valence-electron chi connectivity index (χ4n) is 2.61. The number of imidazole rings is 1. The standard InChI is InChI=1S/C17H23Cl2N3O/c1-4-6-8-21(9-7-5-2)17(23)15-12(3)20-16-14(19)10-13(18)11-22(15)16/h10-11H,4-9H2,1-3H3. The fourth-order valence-corrected chi connectivity index (χ4v) is 3.12. The van der Waals surface area contributed by atoms with Gasteiger partial charge in [-0.3, -0.25) is 9.20 Å². The van der Waals surface area contributed by atoms with Crippen molar-refractivity contribution in [3.63, 3.8) is 0 Å². The lowest BCUT2D eigenvalue weighted by Crippen LogP contribution is -2.34. The van der Waals surface area contributed by atoms with Gasteiger partial charge in [0.1, 0.15) is 5.69 Å². The average Bonchev–Trinajstić information content (AvgIpc) is 2.83. The summed E-state index contributed by atoms with van der Waals surface area (Å²) in [6.07, 6.45) is 5.80. The van der Waals surface area contributed by atoms with E-state index in [2.05, 4.69) is 18.8 Å². The summed E-state index contributed by atoms with van der Waals surface area (Å²) in [6, 6.07) is 1.64. The Morgan fingerprint density at radius 3 is 2.39 bits per heavy atom. The van der Waals surface area contributed by atoms with Gasteiger partial charge in [-0.05, 0) is 25.8 Å². The van der Waals surface area contributed by atoms with Gasteiger partial charge < -0.3 is 4.90 Å². The van der Waals surface area contributed by atoms with Crippen LogP contribution in [0.25, 0.3) is 5.65 Å². The predicted molar refractivity (Wildman–Crippen MR) is 95.7 cm³/mol. The number of pyridine rings is 1. The minimum absolute atomic E-state index is 0.00441. The van der Waals surface area contributed by atoms with Gasteiger partial charge in [-0.25, -0.2) is 4.98 Å². The Morgan fingerprint density at radius 2 is 1.83 bits per heavy atom. The molecule has 4 nitrogen and oxygen atoms in total. The molecule has 0 atom stereocenters. The number of nitrogens with zero attached hydrogens (tertiary/aromatic N) is 3. The molecule has 2 heterocycles. The maximum atomic E-state index is 13.1. The molecular weight excluding hydrogens is 333 g/mol. The van der Waals surface area contributed by atoms with Crippen LogP contribution in [0.4, 0.5) is 0 Å². The number of carbonyl (C=O) groups excluding carboxylic acids is 1. The van der Waals surface area contributed by atoms with Gasteiger partial charge >= 0.3 is 0 Å². The molecule has 126 valence electrons. The van der Waals surface area contributed by atoms with E-state index in [-0.39, 0.29) is 5.91 Å². The summed E-state index contributed by atoms with van der Waals surface area (Å²) >= 11 is 12.3. The van der Waals surface area contributed by atoms with Crippen LogP contribution in [0.15, 0.2) is 12.3 Å². The van der Waals surface area contributed by atoms with Crippen molar-refractivity contribution in [2.75, 3.05) is 13.1 Å². The number of hydrogen-bond acceptors (Lipinski definition) is 2. The van der Waals surface area contributed by atoms with Crippen LogP contribution >= 0.6 is 23.2 Å². The first-order chi connectivity index (χ1) is 11.0. The Morgan fingerprint density at radius 1 is 1.22 bits per heavy atom. The molecule has 0 saturated heterocycles. The van der Waals surface area contributed by atoms with Crippen molar-refractivity contribution in [3.8, 4) is 0 Å². The smallest absolute Gasteiger partial charge is 0.272 e. The lowest BCUT2D eigenvalue weighted by Gasteiger charge is -2.22. The van der Waals surface area contributed by atoms with Gasteiger partial charge in [0, 0.05) is 19.3 Å². The molecule has 0 aliphatic carbocycles. The highest BCUT2D eigenvalue weighted by Crippen LogP contribution is 2.25. The Hall–Kier alpha value is -1.26. The van der Waals surface area contributed by atoms with Crippen molar-refractivity contribution in [3.05, 3.63) is 33.7 Å². The number of hydrogen-bond donors (Lipinski definition) is 0. The van der Waals surface area contributed by atoms with Gasteiger partial charge in [0.2, 0.25) is 0 Å². The average molecular weight is 356 g/mol. The zero-order chi connectivity index (χ0) is 17.0. The number of aryl methyl sites for hydroxylation is 1. The molecular formula is C17H23Cl2N3O. The highest BCUT2D eigenvalue weighted by Gasteiger charge is 2.23. The normalized spacial score (nSPS) is 11.2. The third kappa shape index (κ3) is 3.99. The number of rotatable bonds is 7. The van der Waals surface area contributed by atoms with Gasteiger partial charge in [0.15, 0.2) is 5.65 Å². The van der Waals surface area contributed by atoms with E-state index in [0.29, 0.717) is 27.1 Å². The Balaban J connectivity index is 2.43. The molecule has 0 aliphatic heterocycles.